The largest absolute Gasteiger partial charge is 0.360 e. The summed E-state index contributed by atoms with van der Waals surface area (Å²) in [5.41, 5.74) is 13.8. The zero-order chi connectivity index (χ0) is 41.0. The maximum Gasteiger partial charge on any atom is 0.0774 e. The van der Waals surface area contributed by atoms with E-state index in [1.807, 2.05) is 66.9 Å². The Labute approximate surface area is 407 Å². The van der Waals surface area contributed by atoms with Gasteiger partial charge in [0.15, 0.2) is 0 Å². The predicted molar refractivity (Wildman–Crippen MR) is 242 cm³/mol. The standard InChI is InChI=1S/C24H24N3.C18H10N3.C10H7N2.3Ir/c1-16(2)19-10-7-11-20(17(3)4)23(19)27-22-13-6-5-12-21(22)26-24(27)18-9-8-14-25-15-18;1-3-9-15-12(6-1)17-13(7-5-11-19-17)18-20-14-8-2-4-10-16(14)21(15)18;1-2-7-12-10(5-1)9-4-3-6-11-8-9;;;/h5-8,10-17H,1-4H3;1-6,8-11H;1-3,5-8H;;;/q3*-1;;;. The molecule has 63 heavy (non-hydrogen) atoms. The average Bonchev–Trinajstić information content (AvgIpc) is 3.90. The summed E-state index contributed by atoms with van der Waals surface area (Å²) in [6.07, 6.45) is 10.6. The minimum atomic E-state index is 0. The first-order valence-corrected chi connectivity index (χ1v) is 20.1. The second-order valence-corrected chi connectivity index (χ2v) is 15.0. The number of nitrogens with zero attached hydrogens (tertiary/aromatic N) is 8. The zero-order valence-electron chi connectivity index (χ0n) is 34.8. The van der Waals surface area contributed by atoms with Gasteiger partial charge in [-0.05, 0) is 76.0 Å². The van der Waals surface area contributed by atoms with Gasteiger partial charge in [-0.2, -0.15) is 0 Å². The van der Waals surface area contributed by atoms with Gasteiger partial charge in [-0.15, -0.1) is 42.0 Å². The number of imidazole rings is 2. The van der Waals surface area contributed by atoms with E-state index in [1.165, 1.54) is 16.8 Å². The molecule has 3 radical (unpaired) electrons. The third kappa shape index (κ3) is 9.51. The van der Waals surface area contributed by atoms with Crippen molar-refractivity contribution >= 4 is 49.5 Å². The third-order valence-corrected chi connectivity index (χ3v) is 10.4. The summed E-state index contributed by atoms with van der Waals surface area (Å²) in [6.45, 7) is 8.99. The fraction of sp³-hybridized carbons (Fsp3) is 0.115. The Morgan fingerprint density at radius 1 is 0.508 bits per heavy atom. The van der Waals surface area contributed by atoms with Crippen molar-refractivity contribution in [3.8, 4) is 28.3 Å². The van der Waals surface area contributed by atoms with Crippen LogP contribution in [0.25, 0.3) is 77.9 Å². The molecule has 11 aromatic rings. The van der Waals surface area contributed by atoms with Crippen molar-refractivity contribution in [2.75, 3.05) is 0 Å². The van der Waals surface area contributed by atoms with Crippen LogP contribution < -0.4 is 0 Å². The number of aromatic nitrogens is 8. The summed E-state index contributed by atoms with van der Waals surface area (Å²) in [6, 6.07) is 52.4. The quantitative estimate of drug-likeness (QED) is 0.126. The maximum absolute atomic E-state index is 4.95. The van der Waals surface area contributed by atoms with Crippen molar-refractivity contribution in [1.82, 2.24) is 38.9 Å². The van der Waals surface area contributed by atoms with Crippen LogP contribution in [0.2, 0.25) is 0 Å². The molecule has 11 rings (SSSR count). The van der Waals surface area contributed by atoms with Crippen molar-refractivity contribution in [2.45, 2.75) is 39.5 Å². The Balaban J connectivity index is 0.000000164. The van der Waals surface area contributed by atoms with Crippen molar-refractivity contribution in [3.05, 3.63) is 194 Å². The molecular formula is C52H41Ir3N8-3. The van der Waals surface area contributed by atoms with Crippen LogP contribution in [0.15, 0.2) is 165 Å². The van der Waals surface area contributed by atoms with Gasteiger partial charge in [-0.1, -0.05) is 142 Å². The molecule has 0 aliphatic carbocycles. The summed E-state index contributed by atoms with van der Waals surface area (Å²) in [4.78, 5) is 26.7. The number of fused-ring (bicyclic) bond motifs is 9. The van der Waals surface area contributed by atoms with Crippen LogP contribution in [0.3, 0.4) is 0 Å². The van der Waals surface area contributed by atoms with Gasteiger partial charge in [-0.3, -0.25) is 9.97 Å². The van der Waals surface area contributed by atoms with E-state index in [0.717, 1.165) is 72.2 Å². The van der Waals surface area contributed by atoms with E-state index in [0.29, 0.717) is 11.8 Å². The first-order valence-electron chi connectivity index (χ1n) is 20.1. The monoisotopic (exact) mass is 1360 g/mol. The van der Waals surface area contributed by atoms with Crippen LogP contribution in [-0.2, 0) is 60.3 Å². The number of pyridine rings is 5. The summed E-state index contributed by atoms with van der Waals surface area (Å²) in [5.74, 6) is 1.70. The molecule has 4 aromatic carbocycles. The number of para-hydroxylation sites is 6. The molecule has 0 aliphatic heterocycles. The van der Waals surface area contributed by atoms with Crippen molar-refractivity contribution in [1.29, 1.82) is 0 Å². The van der Waals surface area contributed by atoms with Crippen LogP contribution in [0.1, 0.15) is 50.7 Å². The van der Waals surface area contributed by atoms with Crippen LogP contribution in [0.4, 0.5) is 0 Å². The van der Waals surface area contributed by atoms with Crippen molar-refractivity contribution in [3.63, 3.8) is 0 Å². The van der Waals surface area contributed by atoms with Gasteiger partial charge in [0, 0.05) is 77.7 Å². The molecule has 319 valence electrons. The van der Waals surface area contributed by atoms with Crippen LogP contribution in [-0.4, -0.2) is 38.9 Å². The van der Waals surface area contributed by atoms with Crippen LogP contribution >= 0.6 is 0 Å². The molecule has 7 heterocycles. The van der Waals surface area contributed by atoms with Gasteiger partial charge in [0.2, 0.25) is 0 Å². The Hall–Kier alpha value is -5.63. The molecule has 0 fully saturated rings. The average molecular weight is 1350 g/mol. The van der Waals surface area contributed by atoms with E-state index >= 15 is 0 Å². The second kappa shape index (κ2) is 21.2. The van der Waals surface area contributed by atoms with E-state index < -0.39 is 0 Å². The van der Waals surface area contributed by atoms with Gasteiger partial charge >= 0.3 is 0 Å². The Kier molecular flexibility index (Phi) is 15.7. The summed E-state index contributed by atoms with van der Waals surface area (Å²) < 4.78 is 4.50. The van der Waals surface area contributed by atoms with E-state index in [2.05, 4.69) is 135 Å². The van der Waals surface area contributed by atoms with E-state index in [4.69, 9.17) is 9.97 Å². The maximum atomic E-state index is 4.95. The van der Waals surface area contributed by atoms with E-state index in [-0.39, 0.29) is 60.3 Å². The fourth-order valence-corrected chi connectivity index (χ4v) is 7.68. The Morgan fingerprint density at radius 3 is 1.73 bits per heavy atom. The molecule has 0 bridgehead atoms. The predicted octanol–water partition coefficient (Wildman–Crippen LogP) is 12.1. The molecule has 0 atom stereocenters. The molecule has 0 saturated heterocycles. The van der Waals surface area contributed by atoms with Gasteiger partial charge in [0.1, 0.15) is 0 Å². The van der Waals surface area contributed by atoms with E-state index in [1.54, 1.807) is 37.1 Å². The molecule has 0 saturated carbocycles. The number of hydrogen-bond donors (Lipinski definition) is 0. The second-order valence-electron chi connectivity index (χ2n) is 15.0. The first-order chi connectivity index (χ1) is 29.5. The summed E-state index contributed by atoms with van der Waals surface area (Å²) in [5, 5.41) is 2.09. The molecule has 8 nitrogen and oxygen atoms in total. The third-order valence-electron chi connectivity index (χ3n) is 10.4. The molecule has 0 unspecified atom stereocenters. The number of benzene rings is 4. The molecule has 11 heteroatoms. The summed E-state index contributed by atoms with van der Waals surface area (Å²) in [7, 11) is 0. The van der Waals surface area contributed by atoms with Crippen LogP contribution in [0.5, 0.6) is 0 Å². The first kappa shape index (κ1) is 46.9. The van der Waals surface area contributed by atoms with Gasteiger partial charge < -0.3 is 28.9 Å². The SMILES string of the molecule is CC(C)c1cccc(C(C)C)c1-n1c(-c2[c-]ccnc2)nc2ccccc21.[Ir].[Ir].[Ir].[c-]1ccnc2c1c1nc3ccccc3n1c1ccccc21.[c-]1ccncc1-c1ccccn1. The molecule has 0 N–H and O–H groups in total. The van der Waals surface area contributed by atoms with Crippen molar-refractivity contribution in [2.24, 2.45) is 0 Å². The van der Waals surface area contributed by atoms with E-state index in [9.17, 15) is 0 Å². The Morgan fingerprint density at radius 2 is 1.10 bits per heavy atom. The number of hydrogen-bond acceptors (Lipinski definition) is 6. The normalized spacial score (nSPS) is 10.8. The Bertz CT molecular complexity index is 3160. The minimum Gasteiger partial charge on any atom is -0.360 e. The van der Waals surface area contributed by atoms with Gasteiger partial charge in [0.05, 0.1) is 33.5 Å². The van der Waals surface area contributed by atoms with Crippen molar-refractivity contribution < 1.29 is 60.3 Å². The summed E-state index contributed by atoms with van der Waals surface area (Å²) >= 11 is 0. The zero-order valence-corrected chi connectivity index (χ0v) is 42.0. The smallest absolute Gasteiger partial charge is 0.0774 e. The molecule has 7 aromatic heterocycles. The van der Waals surface area contributed by atoms with Gasteiger partial charge in [0.25, 0.3) is 0 Å². The molecule has 0 aliphatic rings. The topological polar surface area (TPSA) is 86.7 Å². The molecule has 0 spiro atoms. The number of rotatable bonds is 5. The molecule has 0 amide bonds. The minimum absolute atomic E-state index is 0. The fourth-order valence-electron chi connectivity index (χ4n) is 7.68. The van der Waals surface area contributed by atoms with Crippen LogP contribution in [0, 0.1) is 18.2 Å². The molecular weight excluding hydrogens is 1310 g/mol. The van der Waals surface area contributed by atoms with Gasteiger partial charge in [-0.25, -0.2) is 0 Å².